The van der Waals surface area contributed by atoms with Crippen LogP contribution in [0.1, 0.15) is 49.9 Å². The van der Waals surface area contributed by atoms with Gasteiger partial charge in [-0.15, -0.1) is 0 Å². The van der Waals surface area contributed by atoms with Crippen LogP contribution in [0.4, 0.5) is 11.4 Å². The smallest absolute Gasteiger partial charge is 0.118 e. The molecule has 0 N–H and O–H groups in total. The molecule has 0 saturated carbocycles. The molecule has 2 fully saturated rings. The first-order valence-corrected chi connectivity index (χ1v) is 15.7. The SMILES string of the molecule is COCCN(CC1CO1)c1ccc(C(C)(C)c2cccc(C(C)(C)c3ccc(N(COC)CC4CO4)c(Cl)c3)c2)cc1Cl. The molecule has 5 rings (SSSR count). The van der Waals surface area contributed by atoms with Crippen LogP contribution >= 0.6 is 23.2 Å². The van der Waals surface area contributed by atoms with Crippen molar-refractivity contribution in [2.24, 2.45) is 0 Å². The molecule has 8 heteroatoms. The highest BCUT2D eigenvalue weighted by atomic mass is 35.5. The standard InChI is InChI=1S/C35H44Cl2N2O4/c1-34(2,26-10-12-32(30(36)17-26)38(14-15-40-5)19-28-21-42-28)24-8-7-9-25(16-24)35(3,4)27-11-13-33(31(37)18-27)39(23-41-6)20-29-22-43-29/h7-13,16-18,28-29H,14-15,19-23H2,1-6H3. The Balaban J connectivity index is 1.39. The van der Waals surface area contributed by atoms with E-state index in [0.29, 0.717) is 18.4 Å². The van der Waals surface area contributed by atoms with E-state index in [1.54, 1.807) is 14.2 Å². The fourth-order valence-corrected chi connectivity index (χ4v) is 6.26. The number of hydrogen-bond donors (Lipinski definition) is 0. The van der Waals surface area contributed by atoms with Gasteiger partial charge in [0.15, 0.2) is 0 Å². The van der Waals surface area contributed by atoms with Crippen molar-refractivity contribution in [1.29, 1.82) is 0 Å². The van der Waals surface area contributed by atoms with Crippen LogP contribution in [0.25, 0.3) is 0 Å². The van der Waals surface area contributed by atoms with Crippen LogP contribution in [-0.4, -0.2) is 72.6 Å². The lowest BCUT2D eigenvalue weighted by Gasteiger charge is -2.32. The summed E-state index contributed by atoms with van der Waals surface area (Å²) in [6.07, 6.45) is 0.509. The van der Waals surface area contributed by atoms with Gasteiger partial charge in [-0.1, -0.05) is 87.3 Å². The van der Waals surface area contributed by atoms with Crippen LogP contribution in [0.2, 0.25) is 10.0 Å². The molecule has 0 spiro atoms. The van der Waals surface area contributed by atoms with Crippen molar-refractivity contribution in [2.75, 3.05) is 70.2 Å². The molecule has 2 atom stereocenters. The lowest BCUT2D eigenvalue weighted by atomic mass is 9.73. The molecule has 6 nitrogen and oxygen atoms in total. The Kier molecular flexibility index (Phi) is 9.96. The topological polar surface area (TPSA) is 50.0 Å². The minimum Gasteiger partial charge on any atom is -0.383 e. The molecule has 0 aliphatic carbocycles. The van der Waals surface area contributed by atoms with Crippen LogP contribution in [0.15, 0.2) is 60.7 Å². The predicted octanol–water partition coefficient (Wildman–Crippen LogP) is 7.31. The quantitative estimate of drug-likeness (QED) is 0.130. The molecule has 0 bridgehead atoms. The zero-order valence-corrected chi connectivity index (χ0v) is 27.7. The van der Waals surface area contributed by atoms with Crippen molar-refractivity contribution in [3.63, 3.8) is 0 Å². The van der Waals surface area contributed by atoms with Gasteiger partial charge in [-0.25, -0.2) is 0 Å². The van der Waals surface area contributed by atoms with Gasteiger partial charge >= 0.3 is 0 Å². The lowest BCUT2D eigenvalue weighted by Crippen LogP contribution is -2.31. The van der Waals surface area contributed by atoms with Crippen LogP contribution < -0.4 is 9.80 Å². The van der Waals surface area contributed by atoms with E-state index in [9.17, 15) is 0 Å². The van der Waals surface area contributed by atoms with E-state index in [2.05, 4.69) is 98.2 Å². The number of rotatable bonds is 15. The van der Waals surface area contributed by atoms with Gasteiger partial charge in [-0.05, 0) is 46.5 Å². The summed E-state index contributed by atoms with van der Waals surface area (Å²) in [4.78, 5) is 4.39. The summed E-state index contributed by atoms with van der Waals surface area (Å²) in [5, 5.41) is 1.45. The Hall–Kier alpha value is -2.32. The monoisotopic (exact) mass is 626 g/mol. The summed E-state index contributed by atoms with van der Waals surface area (Å²) in [5.41, 5.74) is 6.20. The predicted molar refractivity (Wildman–Crippen MR) is 176 cm³/mol. The van der Waals surface area contributed by atoms with Crippen molar-refractivity contribution >= 4 is 34.6 Å². The van der Waals surface area contributed by atoms with Crippen molar-refractivity contribution in [2.45, 2.75) is 50.7 Å². The molecule has 2 heterocycles. The number of epoxide rings is 2. The third kappa shape index (κ3) is 7.50. The Morgan fingerprint density at radius 1 is 0.698 bits per heavy atom. The lowest BCUT2D eigenvalue weighted by molar-refractivity contribution is 0.195. The van der Waals surface area contributed by atoms with Crippen LogP contribution in [0.5, 0.6) is 0 Å². The number of hydrogen-bond acceptors (Lipinski definition) is 6. The van der Waals surface area contributed by atoms with E-state index >= 15 is 0 Å². The van der Waals surface area contributed by atoms with Crippen molar-refractivity contribution in [3.05, 3.63) is 93.0 Å². The molecule has 0 amide bonds. The van der Waals surface area contributed by atoms with Gasteiger partial charge in [0.05, 0.1) is 53.4 Å². The molecule has 2 unspecified atom stereocenters. The molecule has 2 saturated heterocycles. The van der Waals surface area contributed by atoms with Gasteiger partial charge in [0.2, 0.25) is 0 Å². The van der Waals surface area contributed by atoms with Crippen molar-refractivity contribution < 1.29 is 18.9 Å². The van der Waals surface area contributed by atoms with Gasteiger partial charge in [0.25, 0.3) is 0 Å². The molecule has 2 aliphatic rings. The molecule has 232 valence electrons. The van der Waals surface area contributed by atoms with Gasteiger partial charge in [0.1, 0.15) is 6.73 Å². The number of benzene rings is 3. The Morgan fingerprint density at radius 2 is 1.16 bits per heavy atom. The summed E-state index contributed by atoms with van der Waals surface area (Å²) in [6.45, 7) is 14.0. The normalized spacial score (nSPS) is 18.0. The minimum absolute atomic E-state index is 0.242. The van der Waals surface area contributed by atoms with E-state index in [-0.39, 0.29) is 23.0 Å². The van der Waals surface area contributed by atoms with Gasteiger partial charge in [0, 0.05) is 44.7 Å². The molecule has 2 aliphatic heterocycles. The first-order chi connectivity index (χ1) is 20.5. The first-order valence-electron chi connectivity index (χ1n) is 15.0. The fraction of sp³-hybridized carbons (Fsp3) is 0.486. The van der Waals surface area contributed by atoms with Gasteiger partial charge in [-0.3, -0.25) is 0 Å². The largest absolute Gasteiger partial charge is 0.383 e. The van der Waals surface area contributed by atoms with E-state index in [1.807, 2.05) is 0 Å². The zero-order valence-electron chi connectivity index (χ0n) is 26.2. The summed E-state index contributed by atoms with van der Waals surface area (Å²) in [7, 11) is 3.42. The molecule has 43 heavy (non-hydrogen) atoms. The van der Waals surface area contributed by atoms with E-state index in [1.165, 1.54) is 11.1 Å². The maximum Gasteiger partial charge on any atom is 0.118 e. The average molecular weight is 628 g/mol. The fourth-order valence-electron chi connectivity index (χ4n) is 5.66. The first kappa shape index (κ1) is 32.1. The third-order valence-electron chi connectivity index (χ3n) is 8.83. The zero-order chi connectivity index (χ0) is 30.8. The van der Waals surface area contributed by atoms with E-state index < -0.39 is 0 Å². The second-order valence-corrected chi connectivity index (χ2v) is 13.5. The third-order valence-corrected chi connectivity index (χ3v) is 9.43. The molecular formula is C35H44Cl2N2O4. The number of anilines is 2. The van der Waals surface area contributed by atoms with Crippen LogP contribution in [-0.2, 0) is 29.8 Å². The van der Waals surface area contributed by atoms with Crippen LogP contribution in [0.3, 0.4) is 0 Å². The Bertz CT molecular complexity index is 1400. The molecule has 3 aromatic carbocycles. The number of ether oxygens (including phenoxy) is 4. The van der Waals surface area contributed by atoms with E-state index in [0.717, 1.165) is 60.4 Å². The highest BCUT2D eigenvalue weighted by Gasteiger charge is 2.31. The summed E-state index contributed by atoms with van der Waals surface area (Å²) in [5.74, 6) is 0. The maximum absolute atomic E-state index is 6.93. The van der Waals surface area contributed by atoms with Crippen molar-refractivity contribution in [3.8, 4) is 0 Å². The Labute approximate surface area is 266 Å². The molecular weight excluding hydrogens is 583 g/mol. The van der Waals surface area contributed by atoms with Gasteiger partial charge < -0.3 is 28.7 Å². The second-order valence-electron chi connectivity index (χ2n) is 12.7. The van der Waals surface area contributed by atoms with E-state index in [4.69, 9.17) is 42.1 Å². The minimum atomic E-state index is -0.270. The summed E-state index contributed by atoms with van der Waals surface area (Å²) in [6, 6.07) is 21.7. The molecule has 0 aromatic heterocycles. The van der Waals surface area contributed by atoms with Gasteiger partial charge in [-0.2, -0.15) is 0 Å². The molecule has 0 radical (unpaired) electrons. The number of halogens is 2. The maximum atomic E-state index is 6.93. The summed E-state index contributed by atoms with van der Waals surface area (Å²) >= 11 is 13.8. The molecule has 3 aromatic rings. The highest BCUT2D eigenvalue weighted by Crippen LogP contribution is 2.41. The number of methoxy groups -OCH3 is 2. The average Bonchev–Trinajstić information content (AvgIpc) is 3.92. The van der Waals surface area contributed by atoms with Crippen LogP contribution in [0, 0.1) is 0 Å². The highest BCUT2D eigenvalue weighted by molar-refractivity contribution is 6.33. The Morgan fingerprint density at radius 3 is 1.60 bits per heavy atom. The summed E-state index contributed by atoms with van der Waals surface area (Å²) < 4.78 is 21.7. The van der Waals surface area contributed by atoms with Crippen molar-refractivity contribution in [1.82, 2.24) is 0 Å². The second kappa shape index (κ2) is 13.4. The number of nitrogens with zero attached hydrogens (tertiary/aromatic N) is 2.